The van der Waals surface area contributed by atoms with Crippen LogP contribution in [0.4, 0.5) is 0 Å². The van der Waals surface area contributed by atoms with Crippen LogP contribution in [0.2, 0.25) is 0 Å². The van der Waals surface area contributed by atoms with Crippen molar-refractivity contribution in [2.24, 2.45) is 0 Å². The highest BCUT2D eigenvalue weighted by Gasteiger charge is 2.15. The minimum atomic E-state index is -0.493. The predicted octanol–water partition coefficient (Wildman–Crippen LogP) is 3.12. The van der Waals surface area contributed by atoms with Crippen LogP contribution in [0.25, 0.3) is 6.08 Å². The van der Waals surface area contributed by atoms with Gasteiger partial charge in [0.05, 0.1) is 6.26 Å². The maximum atomic E-state index is 12.2. The minimum absolute atomic E-state index is 0.121. The molecule has 1 heterocycles. The molecule has 0 aliphatic rings. The summed E-state index contributed by atoms with van der Waals surface area (Å²) in [7, 11) is 0. The Kier molecular flexibility index (Phi) is 5.94. The number of hydrogen-bond acceptors (Lipinski definition) is 3. The quantitative estimate of drug-likeness (QED) is 0.602. The lowest BCUT2D eigenvalue weighted by molar-refractivity contribution is -0.117. The Hall–Kier alpha value is -2.60. The van der Waals surface area contributed by atoms with E-state index in [1.807, 2.05) is 24.3 Å². The summed E-state index contributed by atoms with van der Waals surface area (Å²) < 4.78 is 5.95. The van der Waals surface area contributed by atoms with Gasteiger partial charge in [-0.05, 0) is 35.9 Å². The predicted molar refractivity (Wildman–Crippen MR) is 91.5 cm³/mol. The first-order valence-corrected chi connectivity index (χ1v) is 7.60. The fourth-order valence-corrected chi connectivity index (χ4v) is 2.00. The van der Waals surface area contributed by atoms with Gasteiger partial charge in [0, 0.05) is 11.0 Å². The fraction of sp³-hybridized carbons (Fsp3) is 0.0588. The molecule has 0 atom stereocenters. The molecule has 0 aliphatic heterocycles. The second-order valence-electron chi connectivity index (χ2n) is 4.54. The van der Waals surface area contributed by atoms with E-state index in [4.69, 9.17) is 4.42 Å². The van der Waals surface area contributed by atoms with E-state index in [2.05, 4.69) is 33.1 Å². The molecule has 6 heteroatoms. The van der Waals surface area contributed by atoms with Gasteiger partial charge in [0.1, 0.15) is 5.70 Å². The number of amides is 2. The zero-order chi connectivity index (χ0) is 16.7. The summed E-state index contributed by atoms with van der Waals surface area (Å²) in [4.78, 5) is 24.3. The summed E-state index contributed by atoms with van der Waals surface area (Å²) in [5.41, 5.74) is 0.896. The van der Waals surface area contributed by atoms with E-state index in [0.29, 0.717) is 6.54 Å². The summed E-state index contributed by atoms with van der Waals surface area (Å²) in [6.07, 6.45) is 4.54. The Morgan fingerprint density at radius 3 is 2.57 bits per heavy atom. The lowest BCUT2D eigenvalue weighted by Crippen LogP contribution is -2.34. The molecule has 5 nitrogen and oxygen atoms in total. The number of rotatable bonds is 6. The SMILES string of the molecule is C=CCNC(=O)/C(=C/c1ccc(Br)cc1)NC(=O)c1ccco1. The molecule has 2 amide bonds. The van der Waals surface area contributed by atoms with Gasteiger partial charge in [-0.15, -0.1) is 6.58 Å². The van der Waals surface area contributed by atoms with E-state index < -0.39 is 11.8 Å². The maximum absolute atomic E-state index is 12.2. The lowest BCUT2D eigenvalue weighted by atomic mass is 10.2. The Morgan fingerprint density at radius 1 is 1.22 bits per heavy atom. The second kappa shape index (κ2) is 8.14. The zero-order valence-electron chi connectivity index (χ0n) is 12.2. The number of hydrogen-bond donors (Lipinski definition) is 2. The molecule has 118 valence electrons. The molecule has 0 saturated heterocycles. The zero-order valence-corrected chi connectivity index (χ0v) is 13.8. The van der Waals surface area contributed by atoms with Gasteiger partial charge in [0.2, 0.25) is 0 Å². The van der Waals surface area contributed by atoms with Crippen molar-refractivity contribution >= 4 is 33.8 Å². The first-order chi connectivity index (χ1) is 11.1. The smallest absolute Gasteiger partial charge is 0.291 e. The molecule has 0 saturated carbocycles. The Labute approximate surface area is 142 Å². The number of furan rings is 1. The van der Waals surface area contributed by atoms with Gasteiger partial charge in [-0.2, -0.15) is 0 Å². The molecule has 0 unspecified atom stereocenters. The van der Waals surface area contributed by atoms with Crippen molar-refractivity contribution in [1.82, 2.24) is 10.6 Å². The Morgan fingerprint density at radius 2 is 1.96 bits per heavy atom. The standard InChI is InChI=1S/C17H15BrN2O3/c1-2-9-19-16(21)14(11-12-5-7-13(18)8-6-12)20-17(22)15-4-3-10-23-15/h2-8,10-11H,1,9H2,(H,19,21)(H,20,22)/b14-11-. The molecule has 2 N–H and O–H groups in total. The molecule has 1 aromatic heterocycles. The van der Waals surface area contributed by atoms with E-state index in [9.17, 15) is 9.59 Å². The normalized spacial score (nSPS) is 10.9. The summed E-state index contributed by atoms with van der Waals surface area (Å²) >= 11 is 3.35. The topological polar surface area (TPSA) is 71.3 Å². The van der Waals surface area contributed by atoms with Crippen molar-refractivity contribution in [3.63, 3.8) is 0 Å². The molecule has 2 rings (SSSR count). The van der Waals surface area contributed by atoms with Gasteiger partial charge in [-0.25, -0.2) is 0 Å². The van der Waals surface area contributed by atoms with Crippen LogP contribution in [0.3, 0.4) is 0 Å². The number of benzene rings is 1. The molecular formula is C17H15BrN2O3. The molecule has 2 aromatic rings. The lowest BCUT2D eigenvalue weighted by Gasteiger charge is -2.09. The van der Waals surface area contributed by atoms with Gasteiger partial charge in [0.15, 0.2) is 5.76 Å². The molecule has 0 fully saturated rings. The highest BCUT2D eigenvalue weighted by Crippen LogP contribution is 2.13. The average Bonchev–Trinajstić information content (AvgIpc) is 3.08. The summed E-state index contributed by atoms with van der Waals surface area (Å²) in [5.74, 6) is -0.775. The van der Waals surface area contributed by atoms with E-state index in [1.165, 1.54) is 12.3 Å². The van der Waals surface area contributed by atoms with Crippen LogP contribution in [0, 0.1) is 0 Å². The number of nitrogens with one attached hydrogen (secondary N) is 2. The van der Waals surface area contributed by atoms with Crippen molar-refractivity contribution in [3.8, 4) is 0 Å². The van der Waals surface area contributed by atoms with E-state index in [1.54, 1.807) is 18.2 Å². The molecule has 0 bridgehead atoms. The third-order valence-corrected chi connectivity index (χ3v) is 3.35. The van der Waals surface area contributed by atoms with Crippen molar-refractivity contribution in [3.05, 3.63) is 76.8 Å². The van der Waals surface area contributed by atoms with Gasteiger partial charge >= 0.3 is 0 Å². The average molecular weight is 375 g/mol. The first kappa shape index (κ1) is 16.8. The van der Waals surface area contributed by atoms with Gasteiger partial charge in [-0.3, -0.25) is 9.59 Å². The molecule has 0 radical (unpaired) electrons. The van der Waals surface area contributed by atoms with Crippen molar-refractivity contribution < 1.29 is 14.0 Å². The van der Waals surface area contributed by atoms with Crippen molar-refractivity contribution in [2.45, 2.75) is 0 Å². The monoisotopic (exact) mass is 374 g/mol. The van der Waals surface area contributed by atoms with Crippen LogP contribution in [-0.2, 0) is 4.79 Å². The number of halogens is 1. The van der Waals surface area contributed by atoms with E-state index >= 15 is 0 Å². The molecular weight excluding hydrogens is 360 g/mol. The molecule has 1 aromatic carbocycles. The van der Waals surface area contributed by atoms with Crippen LogP contribution in [0.5, 0.6) is 0 Å². The van der Waals surface area contributed by atoms with E-state index in [0.717, 1.165) is 10.0 Å². The van der Waals surface area contributed by atoms with Crippen LogP contribution in [-0.4, -0.2) is 18.4 Å². The van der Waals surface area contributed by atoms with Gasteiger partial charge in [0.25, 0.3) is 11.8 Å². The third-order valence-electron chi connectivity index (χ3n) is 2.83. The highest BCUT2D eigenvalue weighted by molar-refractivity contribution is 9.10. The highest BCUT2D eigenvalue weighted by atomic mass is 79.9. The Bertz CT molecular complexity index is 719. The minimum Gasteiger partial charge on any atom is -0.459 e. The largest absolute Gasteiger partial charge is 0.459 e. The third kappa shape index (κ3) is 4.96. The van der Waals surface area contributed by atoms with Crippen LogP contribution < -0.4 is 10.6 Å². The molecule has 23 heavy (non-hydrogen) atoms. The Balaban J connectivity index is 2.23. The van der Waals surface area contributed by atoms with Gasteiger partial charge < -0.3 is 15.1 Å². The maximum Gasteiger partial charge on any atom is 0.291 e. The van der Waals surface area contributed by atoms with Crippen LogP contribution in [0.15, 0.2) is 69.9 Å². The van der Waals surface area contributed by atoms with E-state index in [-0.39, 0.29) is 11.5 Å². The van der Waals surface area contributed by atoms with Gasteiger partial charge in [-0.1, -0.05) is 34.1 Å². The summed E-state index contributed by atoms with van der Waals surface area (Å²) in [6.45, 7) is 3.84. The fourth-order valence-electron chi connectivity index (χ4n) is 1.74. The first-order valence-electron chi connectivity index (χ1n) is 6.81. The van der Waals surface area contributed by atoms with Crippen LogP contribution >= 0.6 is 15.9 Å². The number of carbonyl (C=O) groups is 2. The summed E-state index contributed by atoms with van der Waals surface area (Å²) in [6, 6.07) is 10.5. The molecule has 0 aliphatic carbocycles. The van der Waals surface area contributed by atoms with Crippen molar-refractivity contribution in [1.29, 1.82) is 0 Å². The molecule has 0 spiro atoms. The number of carbonyl (C=O) groups excluding carboxylic acids is 2. The second-order valence-corrected chi connectivity index (χ2v) is 5.46. The summed E-state index contributed by atoms with van der Waals surface area (Å²) in [5, 5.41) is 5.20. The van der Waals surface area contributed by atoms with Crippen molar-refractivity contribution in [2.75, 3.05) is 6.54 Å². The van der Waals surface area contributed by atoms with Crippen LogP contribution in [0.1, 0.15) is 16.1 Å².